The van der Waals surface area contributed by atoms with Crippen molar-refractivity contribution in [2.45, 2.75) is 6.54 Å². The molecule has 0 aliphatic heterocycles. The van der Waals surface area contributed by atoms with E-state index in [4.69, 9.17) is 0 Å². The van der Waals surface area contributed by atoms with Crippen LogP contribution in [-0.2, 0) is 11.3 Å². The molecule has 1 aromatic carbocycles. The normalized spacial score (nSPS) is 10.4. The van der Waals surface area contributed by atoms with Crippen molar-refractivity contribution in [1.29, 1.82) is 0 Å². The van der Waals surface area contributed by atoms with Gasteiger partial charge in [0.05, 0.1) is 6.54 Å². The summed E-state index contributed by atoms with van der Waals surface area (Å²) in [5.41, 5.74) is 1.17. The molecular weight excluding hydrogens is 214 g/mol. The van der Waals surface area contributed by atoms with Crippen LogP contribution in [0.5, 0.6) is 0 Å². The molecule has 2 rings (SSSR count). The van der Waals surface area contributed by atoms with Crippen molar-refractivity contribution in [2.24, 2.45) is 0 Å². The van der Waals surface area contributed by atoms with E-state index in [1.807, 2.05) is 24.4 Å². The molecule has 0 aliphatic carbocycles. The highest BCUT2D eigenvalue weighted by molar-refractivity contribution is 5.84. The Bertz CT molecular complexity index is 520. The minimum atomic E-state index is -0.00750. The molecule has 2 N–H and O–H groups in total. The monoisotopic (exact) mass is 229 g/mol. The Balaban J connectivity index is 2.11. The summed E-state index contributed by atoms with van der Waals surface area (Å²) < 4.78 is 0. The van der Waals surface area contributed by atoms with Crippen LogP contribution in [0.25, 0.3) is 10.8 Å². The fraction of sp³-hybridized carbons (Fsp3) is 0.231. The highest BCUT2D eigenvalue weighted by atomic mass is 16.1. The number of carbonyl (C=O) groups is 1. The number of nitrogens with zero attached hydrogens (tertiary/aromatic N) is 1. The molecule has 0 unspecified atom stereocenters. The highest BCUT2D eigenvalue weighted by Gasteiger charge is 2.01. The number of fused-ring (bicyclic) bond motifs is 1. The smallest absolute Gasteiger partial charge is 0.233 e. The Hall–Kier alpha value is -1.94. The van der Waals surface area contributed by atoms with Crippen molar-refractivity contribution >= 4 is 16.7 Å². The fourth-order valence-corrected chi connectivity index (χ4v) is 1.74. The van der Waals surface area contributed by atoms with Gasteiger partial charge in [-0.2, -0.15) is 0 Å². The molecule has 0 atom stereocenters. The molecule has 0 fully saturated rings. The summed E-state index contributed by atoms with van der Waals surface area (Å²) in [6.45, 7) is 1.01. The van der Waals surface area contributed by atoms with E-state index < -0.39 is 0 Å². The lowest BCUT2D eigenvalue weighted by Gasteiger charge is -2.07. The van der Waals surface area contributed by atoms with Crippen LogP contribution in [0.4, 0.5) is 0 Å². The Labute approximate surface area is 100 Å². The van der Waals surface area contributed by atoms with E-state index in [9.17, 15) is 4.79 Å². The minimum absolute atomic E-state index is 0.00750. The number of benzene rings is 1. The zero-order valence-electron chi connectivity index (χ0n) is 9.73. The standard InChI is InChI=1S/C13H15N3O/c1-14-13(17)9-16-8-11-4-2-3-10-7-15-6-5-12(10)11/h2-7,16H,8-9H2,1H3,(H,14,17). The summed E-state index contributed by atoms with van der Waals surface area (Å²) >= 11 is 0. The van der Waals surface area contributed by atoms with Crippen LogP contribution >= 0.6 is 0 Å². The summed E-state index contributed by atoms with van der Waals surface area (Å²) in [6, 6.07) is 8.08. The van der Waals surface area contributed by atoms with Crippen molar-refractivity contribution in [3.63, 3.8) is 0 Å². The third-order valence-electron chi connectivity index (χ3n) is 2.65. The van der Waals surface area contributed by atoms with Gasteiger partial charge in [-0.05, 0) is 17.0 Å². The molecule has 0 aliphatic rings. The summed E-state index contributed by atoms with van der Waals surface area (Å²) in [5.74, 6) is -0.00750. The molecule has 4 heteroatoms. The number of aromatic nitrogens is 1. The summed E-state index contributed by atoms with van der Waals surface area (Å²) in [6.07, 6.45) is 3.63. The lowest BCUT2D eigenvalue weighted by molar-refractivity contribution is -0.119. The van der Waals surface area contributed by atoms with E-state index in [-0.39, 0.29) is 5.91 Å². The molecule has 88 valence electrons. The predicted octanol–water partition coefficient (Wildman–Crippen LogP) is 1.07. The van der Waals surface area contributed by atoms with E-state index >= 15 is 0 Å². The van der Waals surface area contributed by atoms with E-state index in [1.165, 1.54) is 10.9 Å². The first kappa shape index (κ1) is 11.5. The first-order chi connectivity index (χ1) is 8.31. The third-order valence-corrected chi connectivity index (χ3v) is 2.65. The summed E-state index contributed by atoms with van der Waals surface area (Å²) in [4.78, 5) is 15.2. The van der Waals surface area contributed by atoms with Crippen LogP contribution in [-0.4, -0.2) is 24.5 Å². The van der Waals surface area contributed by atoms with Gasteiger partial charge < -0.3 is 10.6 Å². The first-order valence-electron chi connectivity index (χ1n) is 5.54. The molecule has 4 nitrogen and oxygen atoms in total. The molecule has 0 saturated heterocycles. The lowest BCUT2D eigenvalue weighted by atomic mass is 10.1. The number of hydrogen-bond acceptors (Lipinski definition) is 3. The number of carbonyl (C=O) groups excluding carboxylic acids is 1. The number of nitrogens with one attached hydrogen (secondary N) is 2. The second-order valence-corrected chi connectivity index (χ2v) is 3.79. The van der Waals surface area contributed by atoms with Crippen molar-refractivity contribution < 1.29 is 4.79 Å². The molecular formula is C13H15N3O. The van der Waals surface area contributed by atoms with E-state index in [0.717, 1.165) is 5.39 Å². The summed E-state index contributed by atoms with van der Waals surface area (Å²) in [7, 11) is 1.63. The van der Waals surface area contributed by atoms with Crippen molar-refractivity contribution in [3.05, 3.63) is 42.2 Å². The van der Waals surface area contributed by atoms with Crippen LogP contribution in [0.3, 0.4) is 0 Å². The number of rotatable bonds is 4. The molecule has 17 heavy (non-hydrogen) atoms. The molecule has 1 heterocycles. The van der Waals surface area contributed by atoms with Gasteiger partial charge in [0.2, 0.25) is 5.91 Å². The van der Waals surface area contributed by atoms with Gasteiger partial charge in [-0.15, -0.1) is 0 Å². The maximum atomic E-state index is 11.1. The van der Waals surface area contributed by atoms with Crippen LogP contribution in [0.15, 0.2) is 36.7 Å². The highest BCUT2D eigenvalue weighted by Crippen LogP contribution is 2.16. The Kier molecular flexibility index (Phi) is 3.67. The molecule has 1 aromatic heterocycles. The Morgan fingerprint density at radius 1 is 1.35 bits per heavy atom. The average Bonchev–Trinajstić information content (AvgIpc) is 2.39. The van der Waals surface area contributed by atoms with Gasteiger partial charge in [0.25, 0.3) is 0 Å². The van der Waals surface area contributed by atoms with Crippen molar-refractivity contribution in [3.8, 4) is 0 Å². The van der Waals surface area contributed by atoms with Gasteiger partial charge in [0.1, 0.15) is 0 Å². The molecule has 2 aromatic rings. The third kappa shape index (κ3) is 2.79. The van der Waals surface area contributed by atoms with E-state index in [1.54, 1.807) is 13.2 Å². The van der Waals surface area contributed by atoms with Gasteiger partial charge in [0, 0.05) is 31.4 Å². The van der Waals surface area contributed by atoms with Gasteiger partial charge in [0.15, 0.2) is 0 Å². The summed E-state index contributed by atoms with van der Waals surface area (Å²) in [5, 5.41) is 7.98. The van der Waals surface area contributed by atoms with Gasteiger partial charge in [-0.1, -0.05) is 18.2 Å². The number of hydrogen-bond donors (Lipinski definition) is 2. The zero-order chi connectivity index (χ0) is 12.1. The van der Waals surface area contributed by atoms with Gasteiger partial charge >= 0.3 is 0 Å². The van der Waals surface area contributed by atoms with Crippen molar-refractivity contribution in [1.82, 2.24) is 15.6 Å². The van der Waals surface area contributed by atoms with Gasteiger partial charge in [-0.3, -0.25) is 9.78 Å². The second kappa shape index (κ2) is 5.41. The predicted molar refractivity (Wildman–Crippen MR) is 67.5 cm³/mol. The van der Waals surface area contributed by atoms with Crippen LogP contribution < -0.4 is 10.6 Å². The lowest BCUT2D eigenvalue weighted by Crippen LogP contribution is -2.30. The number of pyridine rings is 1. The second-order valence-electron chi connectivity index (χ2n) is 3.79. The Morgan fingerprint density at radius 3 is 3.06 bits per heavy atom. The number of likely N-dealkylation sites (N-methyl/N-ethyl adjacent to an activating group) is 1. The maximum absolute atomic E-state index is 11.1. The Morgan fingerprint density at radius 2 is 2.24 bits per heavy atom. The molecule has 1 amide bonds. The SMILES string of the molecule is CNC(=O)CNCc1cccc2cnccc12. The van der Waals surface area contributed by atoms with E-state index in [0.29, 0.717) is 13.1 Å². The quantitative estimate of drug-likeness (QED) is 0.824. The van der Waals surface area contributed by atoms with Crippen molar-refractivity contribution in [2.75, 3.05) is 13.6 Å². The first-order valence-corrected chi connectivity index (χ1v) is 5.54. The fourth-order valence-electron chi connectivity index (χ4n) is 1.74. The molecule has 0 bridgehead atoms. The zero-order valence-corrected chi connectivity index (χ0v) is 9.73. The number of amides is 1. The van der Waals surface area contributed by atoms with E-state index in [2.05, 4.69) is 21.7 Å². The topological polar surface area (TPSA) is 54.0 Å². The van der Waals surface area contributed by atoms with Crippen LogP contribution in [0.1, 0.15) is 5.56 Å². The molecule has 0 saturated carbocycles. The maximum Gasteiger partial charge on any atom is 0.233 e. The molecule has 0 radical (unpaired) electrons. The average molecular weight is 229 g/mol. The van der Waals surface area contributed by atoms with Crippen LogP contribution in [0, 0.1) is 0 Å². The molecule has 0 spiro atoms. The van der Waals surface area contributed by atoms with Gasteiger partial charge in [-0.25, -0.2) is 0 Å². The largest absolute Gasteiger partial charge is 0.358 e. The van der Waals surface area contributed by atoms with Crippen LogP contribution in [0.2, 0.25) is 0 Å². The minimum Gasteiger partial charge on any atom is -0.358 e.